The molecule has 0 saturated heterocycles. The Bertz CT molecular complexity index is 1290. The van der Waals surface area contributed by atoms with Gasteiger partial charge in [-0.05, 0) is 42.0 Å². The van der Waals surface area contributed by atoms with E-state index in [2.05, 4.69) is 6.07 Å². The number of rotatable bonds is 5. The van der Waals surface area contributed by atoms with Crippen LogP contribution in [0.1, 0.15) is 11.1 Å². The van der Waals surface area contributed by atoms with Gasteiger partial charge in [0.25, 0.3) is 5.56 Å². The van der Waals surface area contributed by atoms with Crippen molar-refractivity contribution < 1.29 is 4.74 Å². The number of para-hydroxylation sites is 1. The summed E-state index contributed by atoms with van der Waals surface area (Å²) in [5.74, 6) is 1.25. The van der Waals surface area contributed by atoms with Gasteiger partial charge in [0.2, 0.25) is 0 Å². The van der Waals surface area contributed by atoms with Crippen molar-refractivity contribution in [2.24, 2.45) is 0 Å². The van der Waals surface area contributed by atoms with E-state index < -0.39 is 0 Å². The Kier molecular flexibility index (Phi) is 5.32. The van der Waals surface area contributed by atoms with Crippen LogP contribution in [-0.4, -0.2) is 16.7 Å². The molecule has 4 aromatic rings. The van der Waals surface area contributed by atoms with Crippen molar-refractivity contribution in [2.75, 3.05) is 7.11 Å². The van der Waals surface area contributed by atoms with E-state index in [1.54, 1.807) is 23.8 Å². The largest absolute Gasteiger partial charge is 0.497 e. The maximum absolute atomic E-state index is 13.3. The zero-order valence-electron chi connectivity index (χ0n) is 15.7. The summed E-state index contributed by atoms with van der Waals surface area (Å²) in [6.07, 6.45) is 0. The van der Waals surface area contributed by atoms with E-state index in [1.165, 1.54) is 11.8 Å². The Morgan fingerprint density at radius 1 is 1.07 bits per heavy atom. The number of nitrogens with zero attached hydrogens (tertiary/aromatic N) is 3. The minimum atomic E-state index is -0.128. The first-order valence-corrected chi connectivity index (χ1v) is 9.96. The molecule has 6 heteroatoms. The number of aromatic nitrogens is 2. The molecule has 0 radical (unpaired) electrons. The van der Waals surface area contributed by atoms with Crippen molar-refractivity contribution in [1.82, 2.24) is 9.55 Å². The molecule has 0 bridgehead atoms. The Labute approximate surface area is 172 Å². The average Bonchev–Trinajstić information content (AvgIpc) is 2.78. The number of fused-ring (bicyclic) bond motifs is 1. The number of ether oxygens (including phenoxy) is 1. The van der Waals surface area contributed by atoms with E-state index in [1.807, 2.05) is 60.7 Å². The molecule has 0 unspecified atom stereocenters. The predicted octanol–water partition coefficient (Wildman–Crippen LogP) is 4.56. The molecule has 29 heavy (non-hydrogen) atoms. The molecule has 3 aromatic carbocycles. The third-order valence-corrected chi connectivity index (χ3v) is 5.49. The van der Waals surface area contributed by atoms with Crippen LogP contribution in [0.15, 0.2) is 82.7 Å². The molecule has 0 aliphatic carbocycles. The minimum Gasteiger partial charge on any atom is -0.497 e. The number of hydrogen-bond donors (Lipinski definition) is 0. The second-order valence-corrected chi connectivity index (χ2v) is 7.30. The fourth-order valence-electron chi connectivity index (χ4n) is 3.06. The summed E-state index contributed by atoms with van der Waals surface area (Å²) in [5, 5.41) is 10.3. The van der Waals surface area contributed by atoms with E-state index in [4.69, 9.17) is 15.0 Å². The first-order valence-electron chi connectivity index (χ1n) is 8.97. The number of hydrogen-bond acceptors (Lipinski definition) is 5. The summed E-state index contributed by atoms with van der Waals surface area (Å²) >= 11 is 1.46. The molecule has 142 valence electrons. The van der Waals surface area contributed by atoms with Crippen LogP contribution in [0, 0.1) is 11.3 Å². The summed E-state index contributed by atoms with van der Waals surface area (Å²) in [6.45, 7) is 0. The second-order valence-electron chi connectivity index (χ2n) is 6.35. The molecule has 0 atom stereocenters. The predicted molar refractivity (Wildman–Crippen MR) is 115 cm³/mol. The molecule has 5 nitrogen and oxygen atoms in total. The monoisotopic (exact) mass is 399 g/mol. The summed E-state index contributed by atoms with van der Waals surface area (Å²) in [6, 6.07) is 24.3. The van der Waals surface area contributed by atoms with Gasteiger partial charge >= 0.3 is 0 Å². The van der Waals surface area contributed by atoms with Crippen LogP contribution < -0.4 is 10.3 Å². The van der Waals surface area contributed by atoms with Crippen molar-refractivity contribution in [3.8, 4) is 17.5 Å². The lowest BCUT2D eigenvalue weighted by Crippen LogP contribution is -2.21. The third-order valence-electron chi connectivity index (χ3n) is 4.48. The lowest BCUT2D eigenvalue weighted by atomic mass is 10.2. The van der Waals surface area contributed by atoms with Crippen molar-refractivity contribution in [2.45, 2.75) is 10.9 Å². The number of thioether (sulfide) groups is 1. The minimum absolute atomic E-state index is 0.128. The van der Waals surface area contributed by atoms with Crippen LogP contribution in [-0.2, 0) is 5.75 Å². The normalized spacial score (nSPS) is 10.6. The lowest BCUT2D eigenvalue weighted by molar-refractivity contribution is 0.414. The van der Waals surface area contributed by atoms with Gasteiger partial charge in [-0.3, -0.25) is 9.36 Å². The van der Waals surface area contributed by atoms with E-state index >= 15 is 0 Å². The number of benzene rings is 3. The highest BCUT2D eigenvalue weighted by Gasteiger charge is 2.14. The third kappa shape index (κ3) is 3.86. The lowest BCUT2D eigenvalue weighted by Gasteiger charge is -2.14. The van der Waals surface area contributed by atoms with Crippen LogP contribution >= 0.6 is 11.8 Å². The van der Waals surface area contributed by atoms with Gasteiger partial charge in [0.1, 0.15) is 5.75 Å². The van der Waals surface area contributed by atoms with Gasteiger partial charge in [0.05, 0.1) is 35.3 Å². The molecule has 0 N–H and O–H groups in total. The van der Waals surface area contributed by atoms with Crippen molar-refractivity contribution >= 4 is 22.7 Å². The molecule has 1 heterocycles. The quantitative estimate of drug-likeness (QED) is 0.364. The first kappa shape index (κ1) is 18.8. The highest BCUT2D eigenvalue weighted by Crippen LogP contribution is 2.26. The Morgan fingerprint density at radius 2 is 1.90 bits per heavy atom. The van der Waals surface area contributed by atoms with Gasteiger partial charge in [-0.15, -0.1) is 0 Å². The van der Waals surface area contributed by atoms with Crippen molar-refractivity contribution in [1.29, 1.82) is 5.26 Å². The van der Waals surface area contributed by atoms with Crippen LogP contribution in [0.3, 0.4) is 0 Å². The zero-order chi connectivity index (χ0) is 20.2. The van der Waals surface area contributed by atoms with Crippen LogP contribution in [0.5, 0.6) is 5.75 Å². The highest BCUT2D eigenvalue weighted by molar-refractivity contribution is 7.98. The summed E-state index contributed by atoms with van der Waals surface area (Å²) < 4.78 is 6.94. The smallest absolute Gasteiger partial charge is 0.266 e. The van der Waals surface area contributed by atoms with Gasteiger partial charge in [-0.25, -0.2) is 4.98 Å². The summed E-state index contributed by atoms with van der Waals surface area (Å²) in [7, 11) is 1.60. The number of nitriles is 1. The second kappa shape index (κ2) is 8.21. The molecule has 0 amide bonds. The maximum Gasteiger partial charge on any atom is 0.266 e. The highest BCUT2D eigenvalue weighted by atomic mass is 32.2. The molecular weight excluding hydrogens is 382 g/mol. The van der Waals surface area contributed by atoms with Crippen molar-refractivity contribution in [3.63, 3.8) is 0 Å². The Morgan fingerprint density at radius 3 is 2.72 bits per heavy atom. The molecule has 0 saturated carbocycles. The molecule has 0 spiro atoms. The summed E-state index contributed by atoms with van der Waals surface area (Å²) in [5.41, 5.74) is 2.83. The zero-order valence-corrected chi connectivity index (χ0v) is 16.5. The average molecular weight is 399 g/mol. The van der Waals surface area contributed by atoms with Gasteiger partial charge in [-0.2, -0.15) is 5.26 Å². The van der Waals surface area contributed by atoms with E-state index in [0.29, 0.717) is 38.8 Å². The SMILES string of the molecule is COc1cccc(-n2c(SCc3cccc(C#N)c3)nc3ccccc3c2=O)c1. The van der Waals surface area contributed by atoms with Gasteiger partial charge in [-0.1, -0.05) is 42.1 Å². The van der Waals surface area contributed by atoms with Gasteiger partial charge in [0, 0.05) is 11.8 Å². The standard InChI is InChI=1S/C23H17N3O2S/c1-28-19-9-5-8-18(13-19)26-22(27)20-10-2-3-11-21(20)25-23(26)29-15-17-7-4-6-16(12-17)14-24/h2-13H,15H2,1H3. The van der Waals surface area contributed by atoms with Crippen molar-refractivity contribution in [3.05, 3.63) is 94.3 Å². The molecule has 0 aliphatic rings. The van der Waals surface area contributed by atoms with Crippen LogP contribution in [0.25, 0.3) is 16.6 Å². The van der Waals surface area contributed by atoms with E-state index in [-0.39, 0.29) is 5.56 Å². The maximum atomic E-state index is 13.3. The van der Waals surface area contributed by atoms with Crippen LogP contribution in [0.4, 0.5) is 0 Å². The van der Waals surface area contributed by atoms with E-state index in [0.717, 1.165) is 5.56 Å². The van der Waals surface area contributed by atoms with E-state index in [9.17, 15) is 4.79 Å². The Balaban J connectivity index is 1.83. The molecule has 0 fully saturated rings. The fraction of sp³-hybridized carbons (Fsp3) is 0.0870. The Hall–Kier alpha value is -3.56. The topological polar surface area (TPSA) is 67.9 Å². The fourth-order valence-corrected chi connectivity index (χ4v) is 4.02. The number of methoxy groups -OCH3 is 1. The summed E-state index contributed by atoms with van der Waals surface area (Å²) in [4.78, 5) is 18.0. The van der Waals surface area contributed by atoms with Crippen LogP contribution in [0.2, 0.25) is 0 Å². The van der Waals surface area contributed by atoms with Gasteiger partial charge < -0.3 is 4.74 Å². The first-order chi connectivity index (χ1) is 14.2. The van der Waals surface area contributed by atoms with Gasteiger partial charge in [0.15, 0.2) is 5.16 Å². The molecular formula is C23H17N3O2S. The molecule has 4 rings (SSSR count). The molecule has 1 aromatic heterocycles. The molecule has 0 aliphatic heterocycles.